The Kier molecular flexibility index (Phi) is 9.57. The second kappa shape index (κ2) is 10.9. The number of hydrogen-bond acceptors (Lipinski definition) is 6. The van der Waals surface area contributed by atoms with Crippen LogP contribution in [0.4, 0.5) is 0 Å². The molecule has 1 saturated heterocycles. The molecule has 1 aliphatic rings. The van der Waals surface area contributed by atoms with Crippen molar-refractivity contribution in [3.05, 3.63) is 17.7 Å². The summed E-state index contributed by atoms with van der Waals surface area (Å²) < 4.78 is 16.1. The Labute approximate surface area is 166 Å². The molecule has 0 radical (unpaired) electrons. The first-order valence-corrected chi connectivity index (χ1v) is 9.61. The fourth-order valence-corrected chi connectivity index (χ4v) is 3.69. The van der Waals surface area contributed by atoms with E-state index in [0.717, 1.165) is 23.3 Å². The average Bonchev–Trinajstić information content (AvgIpc) is 2.66. The van der Waals surface area contributed by atoms with E-state index in [0.29, 0.717) is 31.3 Å². The van der Waals surface area contributed by atoms with Gasteiger partial charge in [0.05, 0.1) is 20.3 Å². The van der Waals surface area contributed by atoms with Crippen LogP contribution in [-0.4, -0.2) is 57.6 Å². The number of carbonyl (C=O) groups excluding carboxylic acids is 1. The van der Waals surface area contributed by atoms with Gasteiger partial charge in [-0.05, 0) is 42.7 Å². The summed E-state index contributed by atoms with van der Waals surface area (Å²) in [5.41, 5.74) is 7.24. The molecule has 0 bridgehead atoms. The van der Waals surface area contributed by atoms with E-state index >= 15 is 0 Å². The number of carbonyl (C=O) groups is 1. The smallest absolute Gasteiger partial charge is 0.239 e. The zero-order valence-corrected chi connectivity index (χ0v) is 17.5. The lowest BCUT2D eigenvalue weighted by Crippen LogP contribution is -2.47. The number of thioether (sulfide) groups is 1. The summed E-state index contributed by atoms with van der Waals surface area (Å²) in [6, 6.07) is 3.39. The number of rotatable bonds is 7. The Morgan fingerprint density at radius 1 is 1.31 bits per heavy atom. The Balaban J connectivity index is 0.00000338. The van der Waals surface area contributed by atoms with Gasteiger partial charge in [-0.3, -0.25) is 4.79 Å². The number of nitrogens with zero attached hydrogens (tertiary/aromatic N) is 1. The van der Waals surface area contributed by atoms with Gasteiger partial charge in [0.2, 0.25) is 5.91 Å². The highest BCUT2D eigenvalue weighted by Crippen LogP contribution is 2.35. The van der Waals surface area contributed by atoms with Crippen molar-refractivity contribution in [1.82, 2.24) is 4.90 Å². The van der Waals surface area contributed by atoms with E-state index in [1.807, 2.05) is 18.4 Å². The molecule has 0 aliphatic carbocycles. The van der Waals surface area contributed by atoms with Gasteiger partial charge in [-0.15, -0.1) is 24.2 Å². The van der Waals surface area contributed by atoms with Crippen molar-refractivity contribution in [3.63, 3.8) is 0 Å². The molecule has 0 spiro atoms. The van der Waals surface area contributed by atoms with E-state index in [1.54, 1.807) is 37.9 Å². The molecule has 1 unspecified atom stereocenters. The normalized spacial score (nSPS) is 15.7. The van der Waals surface area contributed by atoms with Crippen molar-refractivity contribution >= 4 is 30.1 Å². The van der Waals surface area contributed by atoms with Gasteiger partial charge in [0.1, 0.15) is 0 Å². The zero-order valence-electron chi connectivity index (χ0n) is 15.8. The van der Waals surface area contributed by atoms with Gasteiger partial charge in [0, 0.05) is 31.7 Å². The van der Waals surface area contributed by atoms with Crippen LogP contribution >= 0.6 is 24.2 Å². The van der Waals surface area contributed by atoms with Crippen LogP contribution in [0.2, 0.25) is 0 Å². The highest BCUT2D eigenvalue weighted by molar-refractivity contribution is 7.98. The van der Waals surface area contributed by atoms with Crippen LogP contribution in [0.3, 0.4) is 0 Å². The molecule has 1 aromatic rings. The summed E-state index contributed by atoms with van der Waals surface area (Å²) in [6.45, 7) is 1.84. The maximum absolute atomic E-state index is 12.7. The minimum atomic E-state index is -0.480. The molecule has 0 saturated carbocycles. The molecule has 1 fully saturated rings. The third-order valence-corrected chi connectivity index (χ3v) is 5.45. The Morgan fingerprint density at radius 2 is 1.88 bits per heavy atom. The summed E-state index contributed by atoms with van der Waals surface area (Å²) in [6.07, 6.45) is 3.68. The van der Waals surface area contributed by atoms with Crippen molar-refractivity contribution in [2.75, 3.05) is 40.7 Å². The van der Waals surface area contributed by atoms with Gasteiger partial charge >= 0.3 is 0 Å². The molecular formula is C18H29ClN2O4S. The first-order valence-electron chi connectivity index (χ1n) is 8.39. The number of methoxy groups -OCH3 is 2. The predicted molar refractivity (Wildman–Crippen MR) is 107 cm³/mol. The minimum Gasteiger partial charge on any atom is -0.493 e. The van der Waals surface area contributed by atoms with Crippen LogP contribution in [0.25, 0.3) is 0 Å². The fourth-order valence-electron chi connectivity index (χ4n) is 3.08. The predicted octanol–water partition coefficient (Wildman–Crippen LogP) is 2.56. The lowest BCUT2D eigenvalue weighted by Gasteiger charge is -2.30. The van der Waals surface area contributed by atoms with E-state index in [1.165, 1.54) is 0 Å². The number of benzene rings is 1. The first kappa shape index (κ1) is 22.9. The fraction of sp³-hybridized carbons (Fsp3) is 0.611. The van der Waals surface area contributed by atoms with Gasteiger partial charge in [0.15, 0.2) is 11.5 Å². The average molecular weight is 405 g/mol. The molecule has 1 atom stereocenters. The third kappa shape index (κ3) is 5.42. The van der Waals surface area contributed by atoms with Gasteiger partial charge in [-0.1, -0.05) is 0 Å². The molecule has 1 aliphatic heterocycles. The molecule has 2 rings (SSSR count). The maximum Gasteiger partial charge on any atom is 0.239 e. The molecule has 2 N–H and O–H groups in total. The number of ether oxygens (including phenoxy) is 3. The number of amides is 1. The second-order valence-corrected chi connectivity index (χ2v) is 7.04. The van der Waals surface area contributed by atoms with Gasteiger partial charge in [-0.2, -0.15) is 0 Å². The van der Waals surface area contributed by atoms with Crippen LogP contribution in [-0.2, 0) is 16.1 Å². The monoisotopic (exact) mass is 404 g/mol. The number of halogens is 1. The summed E-state index contributed by atoms with van der Waals surface area (Å²) >= 11 is 1.61. The van der Waals surface area contributed by atoms with Crippen LogP contribution in [0.15, 0.2) is 17.0 Å². The van der Waals surface area contributed by atoms with Crippen LogP contribution in [0, 0.1) is 5.92 Å². The molecule has 8 heteroatoms. The molecule has 26 heavy (non-hydrogen) atoms. The van der Waals surface area contributed by atoms with E-state index in [2.05, 4.69) is 0 Å². The molecular weight excluding hydrogens is 376 g/mol. The Morgan fingerprint density at radius 3 is 2.42 bits per heavy atom. The van der Waals surface area contributed by atoms with Crippen LogP contribution in [0.5, 0.6) is 11.5 Å². The van der Waals surface area contributed by atoms with Gasteiger partial charge < -0.3 is 24.8 Å². The van der Waals surface area contributed by atoms with E-state index in [-0.39, 0.29) is 24.2 Å². The number of nitrogens with two attached hydrogens (primary N) is 1. The highest BCUT2D eigenvalue weighted by atomic mass is 35.5. The molecule has 1 aromatic carbocycles. The van der Waals surface area contributed by atoms with Crippen LogP contribution in [0.1, 0.15) is 18.4 Å². The van der Waals surface area contributed by atoms with Crippen molar-refractivity contribution in [2.24, 2.45) is 11.7 Å². The van der Waals surface area contributed by atoms with E-state index in [4.69, 9.17) is 19.9 Å². The van der Waals surface area contributed by atoms with Crippen molar-refractivity contribution in [3.8, 4) is 11.5 Å². The lowest BCUT2D eigenvalue weighted by molar-refractivity contribution is -0.134. The number of likely N-dealkylation sites (N-methyl/N-ethyl adjacent to an activating group) is 1. The van der Waals surface area contributed by atoms with Crippen molar-refractivity contribution in [2.45, 2.75) is 30.3 Å². The summed E-state index contributed by atoms with van der Waals surface area (Å²) in [7, 11) is 5.02. The Hall–Kier alpha value is -1.15. The minimum absolute atomic E-state index is 0. The molecule has 0 aromatic heterocycles. The highest BCUT2D eigenvalue weighted by Gasteiger charge is 2.29. The number of hydrogen-bond donors (Lipinski definition) is 1. The summed E-state index contributed by atoms with van der Waals surface area (Å²) in [4.78, 5) is 15.5. The Bertz CT molecular complexity index is 597. The molecule has 1 heterocycles. The standard InChI is InChI=1S/C18H28N2O4S.ClH/c1-20(18(21)17(19)12-5-7-24-8-6-12)11-13-9-14(22-2)15(23-3)10-16(13)25-4;/h9-10,12,17H,5-8,11,19H2,1-4H3;1H. The third-order valence-electron chi connectivity index (χ3n) is 4.63. The zero-order chi connectivity index (χ0) is 18.4. The van der Waals surface area contributed by atoms with Gasteiger partial charge in [0.25, 0.3) is 0 Å². The molecule has 1 amide bonds. The topological polar surface area (TPSA) is 74.0 Å². The quantitative estimate of drug-likeness (QED) is 0.704. The van der Waals surface area contributed by atoms with E-state index in [9.17, 15) is 4.79 Å². The second-order valence-electron chi connectivity index (χ2n) is 6.19. The summed E-state index contributed by atoms with van der Waals surface area (Å²) in [5, 5.41) is 0. The molecule has 148 valence electrons. The first-order chi connectivity index (χ1) is 12.0. The van der Waals surface area contributed by atoms with Crippen LogP contribution < -0.4 is 15.2 Å². The largest absolute Gasteiger partial charge is 0.493 e. The maximum atomic E-state index is 12.7. The van der Waals surface area contributed by atoms with Crippen molar-refractivity contribution < 1.29 is 19.0 Å². The van der Waals surface area contributed by atoms with Crippen molar-refractivity contribution in [1.29, 1.82) is 0 Å². The van der Waals surface area contributed by atoms with E-state index < -0.39 is 6.04 Å². The van der Waals surface area contributed by atoms with Gasteiger partial charge in [-0.25, -0.2) is 0 Å². The SMILES string of the molecule is COc1cc(CN(C)C(=O)C(N)C2CCOCC2)c(SC)cc1OC.Cl. The summed E-state index contributed by atoms with van der Waals surface area (Å²) in [5.74, 6) is 1.50. The molecule has 6 nitrogen and oxygen atoms in total. The lowest BCUT2D eigenvalue weighted by atomic mass is 9.91.